The van der Waals surface area contributed by atoms with Crippen molar-refractivity contribution in [3.8, 4) is 0 Å². The predicted octanol–water partition coefficient (Wildman–Crippen LogP) is 0.822. The van der Waals surface area contributed by atoms with Crippen LogP contribution in [0.5, 0.6) is 0 Å². The van der Waals surface area contributed by atoms with Gasteiger partial charge in [0.1, 0.15) is 12.4 Å². The van der Waals surface area contributed by atoms with Gasteiger partial charge in [-0.05, 0) is 45.7 Å². The van der Waals surface area contributed by atoms with Gasteiger partial charge in [-0.25, -0.2) is 4.99 Å². The van der Waals surface area contributed by atoms with Gasteiger partial charge in [-0.15, -0.1) is 10.2 Å². The molecule has 2 aliphatic heterocycles. The molecule has 3 heterocycles. The number of nitrogens with zero attached hydrogens (tertiary/aromatic N) is 5. The topological polar surface area (TPSA) is 79.6 Å². The summed E-state index contributed by atoms with van der Waals surface area (Å²) in [5.74, 6) is 2.61. The molecule has 0 aliphatic carbocycles. The number of hydrogen-bond donors (Lipinski definition) is 2. The van der Waals surface area contributed by atoms with Gasteiger partial charge in [0.2, 0.25) is 0 Å². The van der Waals surface area contributed by atoms with Crippen molar-refractivity contribution >= 4 is 5.96 Å². The quantitative estimate of drug-likeness (QED) is 0.552. The van der Waals surface area contributed by atoms with Crippen molar-refractivity contribution in [1.82, 2.24) is 30.3 Å². The Morgan fingerprint density at radius 2 is 2.08 bits per heavy atom. The number of likely N-dealkylation sites (tertiary alicyclic amines) is 1. The van der Waals surface area contributed by atoms with Crippen molar-refractivity contribution in [3.05, 3.63) is 11.6 Å². The van der Waals surface area contributed by atoms with Crippen LogP contribution in [0.3, 0.4) is 0 Å². The second-order valence-electron chi connectivity index (χ2n) is 7.21. The zero-order valence-electron chi connectivity index (χ0n) is 16.4. The predicted molar refractivity (Wildman–Crippen MR) is 102 cm³/mol. The molecule has 0 spiro atoms. The van der Waals surface area contributed by atoms with E-state index in [0.717, 1.165) is 56.7 Å². The minimum absolute atomic E-state index is 0.290. The fourth-order valence-corrected chi connectivity index (χ4v) is 3.69. The van der Waals surface area contributed by atoms with E-state index < -0.39 is 0 Å². The van der Waals surface area contributed by atoms with Crippen LogP contribution in [0.15, 0.2) is 4.99 Å². The van der Waals surface area contributed by atoms with E-state index in [0.29, 0.717) is 12.6 Å². The highest BCUT2D eigenvalue weighted by Crippen LogP contribution is 2.15. The van der Waals surface area contributed by atoms with Crippen LogP contribution >= 0.6 is 0 Å². The molecule has 1 aromatic rings. The first-order valence-corrected chi connectivity index (χ1v) is 9.90. The molecule has 1 aromatic heterocycles. The minimum Gasteiger partial charge on any atom is -0.376 e. The van der Waals surface area contributed by atoms with Crippen molar-refractivity contribution in [2.24, 2.45) is 12.0 Å². The van der Waals surface area contributed by atoms with Crippen LogP contribution in [-0.2, 0) is 18.3 Å². The summed E-state index contributed by atoms with van der Waals surface area (Å²) in [6.07, 6.45) is 5.10. The lowest BCUT2D eigenvalue weighted by molar-refractivity contribution is 0.113. The summed E-state index contributed by atoms with van der Waals surface area (Å²) in [5.41, 5.74) is 0. The number of hydrogen-bond acceptors (Lipinski definition) is 5. The Balaban J connectivity index is 1.58. The molecule has 0 aromatic carbocycles. The first-order chi connectivity index (χ1) is 12.7. The average Bonchev–Trinajstić information content (AvgIpc) is 3.38. The first kappa shape index (κ1) is 19.1. The Morgan fingerprint density at radius 3 is 2.77 bits per heavy atom. The third-order valence-corrected chi connectivity index (χ3v) is 5.49. The summed E-state index contributed by atoms with van der Waals surface area (Å²) in [4.78, 5) is 7.28. The summed E-state index contributed by atoms with van der Waals surface area (Å²) in [7, 11) is 1.98. The van der Waals surface area contributed by atoms with Crippen molar-refractivity contribution < 1.29 is 4.74 Å². The fourth-order valence-electron chi connectivity index (χ4n) is 3.69. The van der Waals surface area contributed by atoms with Gasteiger partial charge in [-0.1, -0.05) is 6.92 Å². The van der Waals surface area contributed by atoms with Gasteiger partial charge in [-0.2, -0.15) is 0 Å². The summed E-state index contributed by atoms with van der Waals surface area (Å²) < 4.78 is 7.70. The zero-order chi connectivity index (χ0) is 18.4. The van der Waals surface area contributed by atoms with Crippen molar-refractivity contribution in [2.75, 3.05) is 32.8 Å². The fraction of sp³-hybridized carbons (Fsp3) is 0.833. The molecule has 8 nitrogen and oxygen atoms in total. The molecule has 26 heavy (non-hydrogen) atoms. The number of aromatic nitrogens is 3. The Kier molecular flexibility index (Phi) is 6.85. The minimum atomic E-state index is 0.290. The first-order valence-electron chi connectivity index (χ1n) is 9.90. The second-order valence-corrected chi connectivity index (χ2v) is 7.21. The van der Waals surface area contributed by atoms with Crippen LogP contribution < -0.4 is 10.6 Å². The summed E-state index contributed by atoms with van der Waals surface area (Å²) >= 11 is 0. The van der Waals surface area contributed by atoms with Crippen LogP contribution in [0.25, 0.3) is 0 Å². The Morgan fingerprint density at radius 1 is 1.23 bits per heavy atom. The third-order valence-electron chi connectivity index (χ3n) is 5.49. The molecule has 2 N–H and O–H groups in total. The van der Waals surface area contributed by atoms with Gasteiger partial charge >= 0.3 is 0 Å². The Bertz CT molecular complexity index is 594. The highest BCUT2D eigenvalue weighted by atomic mass is 16.5. The summed E-state index contributed by atoms with van der Waals surface area (Å²) in [6, 6.07) is 0.590. The molecule has 0 radical (unpaired) electrons. The maximum absolute atomic E-state index is 5.72. The SMILES string of the molecule is CCN1CCCC1CNC(=NCc1nnc(C)n1C)NCC1CCCO1. The van der Waals surface area contributed by atoms with Gasteiger partial charge in [0, 0.05) is 32.8 Å². The van der Waals surface area contributed by atoms with Crippen molar-refractivity contribution in [2.45, 2.75) is 58.2 Å². The maximum atomic E-state index is 5.72. The average molecular weight is 364 g/mol. The normalized spacial score (nSPS) is 24.3. The van der Waals surface area contributed by atoms with Gasteiger partial charge < -0.3 is 19.9 Å². The number of aryl methyl sites for hydroxylation is 1. The van der Waals surface area contributed by atoms with E-state index in [1.165, 1.54) is 19.4 Å². The summed E-state index contributed by atoms with van der Waals surface area (Å²) in [5, 5.41) is 15.3. The van der Waals surface area contributed by atoms with Gasteiger partial charge in [0.05, 0.1) is 6.10 Å². The van der Waals surface area contributed by atoms with Crippen LogP contribution in [-0.4, -0.2) is 70.6 Å². The van der Waals surface area contributed by atoms with E-state index in [2.05, 4.69) is 32.7 Å². The summed E-state index contributed by atoms with van der Waals surface area (Å²) in [6.45, 7) is 9.61. The molecule has 146 valence electrons. The van der Waals surface area contributed by atoms with Gasteiger partial charge in [0.15, 0.2) is 11.8 Å². The molecule has 2 aliphatic rings. The van der Waals surface area contributed by atoms with Crippen LogP contribution in [0.2, 0.25) is 0 Å². The van der Waals surface area contributed by atoms with E-state index in [-0.39, 0.29) is 6.10 Å². The van der Waals surface area contributed by atoms with E-state index >= 15 is 0 Å². The molecule has 2 fully saturated rings. The number of nitrogens with one attached hydrogen (secondary N) is 2. The molecule has 2 saturated heterocycles. The van der Waals surface area contributed by atoms with E-state index in [4.69, 9.17) is 9.73 Å². The molecular formula is C18H33N7O. The van der Waals surface area contributed by atoms with Crippen molar-refractivity contribution in [1.29, 1.82) is 0 Å². The largest absolute Gasteiger partial charge is 0.376 e. The number of guanidine groups is 1. The third kappa shape index (κ3) is 4.94. The number of rotatable bonds is 7. The monoisotopic (exact) mass is 363 g/mol. The molecule has 2 unspecified atom stereocenters. The molecular weight excluding hydrogens is 330 g/mol. The zero-order valence-corrected chi connectivity index (χ0v) is 16.4. The Labute approximate surface area is 156 Å². The molecule has 3 rings (SSSR count). The molecule has 0 bridgehead atoms. The van der Waals surface area contributed by atoms with Crippen LogP contribution in [0.1, 0.15) is 44.3 Å². The molecule has 2 atom stereocenters. The van der Waals surface area contributed by atoms with Gasteiger partial charge in [-0.3, -0.25) is 4.90 Å². The lowest BCUT2D eigenvalue weighted by Crippen LogP contribution is -2.46. The smallest absolute Gasteiger partial charge is 0.191 e. The Hall–Kier alpha value is -1.67. The number of ether oxygens (including phenoxy) is 1. The standard InChI is InChI=1S/C18H33N7O/c1-4-25-9-5-7-15(25)11-19-18(20-12-16-8-6-10-26-16)21-13-17-23-22-14(2)24(17)3/h15-16H,4-13H2,1-3H3,(H2,19,20,21). The lowest BCUT2D eigenvalue weighted by Gasteiger charge is -2.24. The van der Waals surface area contributed by atoms with Gasteiger partial charge in [0.25, 0.3) is 0 Å². The van der Waals surface area contributed by atoms with E-state index in [9.17, 15) is 0 Å². The molecule has 8 heteroatoms. The van der Waals surface area contributed by atoms with E-state index in [1.54, 1.807) is 0 Å². The number of likely N-dealkylation sites (N-methyl/N-ethyl adjacent to an activating group) is 1. The maximum Gasteiger partial charge on any atom is 0.191 e. The van der Waals surface area contributed by atoms with E-state index in [1.807, 2.05) is 18.5 Å². The number of aliphatic imine (C=N–C) groups is 1. The van der Waals surface area contributed by atoms with Crippen LogP contribution in [0.4, 0.5) is 0 Å². The van der Waals surface area contributed by atoms with Crippen molar-refractivity contribution in [3.63, 3.8) is 0 Å². The highest BCUT2D eigenvalue weighted by Gasteiger charge is 2.23. The molecule has 0 amide bonds. The van der Waals surface area contributed by atoms with Crippen LogP contribution in [0, 0.1) is 6.92 Å². The molecule has 0 saturated carbocycles. The highest BCUT2D eigenvalue weighted by molar-refractivity contribution is 5.79. The second kappa shape index (κ2) is 9.32. The lowest BCUT2D eigenvalue weighted by atomic mass is 10.2.